The van der Waals surface area contributed by atoms with Gasteiger partial charge in [-0.3, -0.25) is 0 Å². The molecule has 0 aliphatic carbocycles. The van der Waals surface area contributed by atoms with Crippen molar-refractivity contribution in [3.8, 4) is 5.75 Å². The van der Waals surface area contributed by atoms with Crippen molar-refractivity contribution in [2.75, 3.05) is 0 Å². The molecule has 0 saturated heterocycles. The van der Waals surface area contributed by atoms with E-state index < -0.39 is 0 Å². The molecule has 0 heterocycles. The van der Waals surface area contributed by atoms with E-state index in [0.29, 0.717) is 18.4 Å². The molecule has 2 rings (SSSR count). The van der Waals surface area contributed by atoms with Crippen molar-refractivity contribution in [3.63, 3.8) is 0 Å². The van der Waals surface area contributed by atoms with Crippen molar-refractivity contribution >= 4 is 0 Å². The summed E-state index contributed by atoms with van der Waals surface area (Å²) in [5.41, 5.74) is 3.23. The SMILES string of the molecule is Cc1ccc(F)c(OCc2cccc(CNC(C)C)c2)c1. The fourth-order valence-electron chi connectivity index (χ4n) is 2.03. The highest BCUT2D eigenvalue weighted by atomic mass is 19.1. The van der Waals surface area contributed by atoms with Crippen LogP contribution >= 0.6 is 0 Å². The second-order valence-electron chi connectivity index (χ2n) is 5.58. The number of hydrogen-bond donors (Lipinski definition) is 1. The minimum atomic E-state index is -0.321. The van der Waals surface area contributed by atoms with E-state index in [1.54, 1.807) is 12.1 Å². The molecule has 112 valence electrons. The highest BCUT2D eigenvalue weighted by molar-refractivity contribution is 5.30. The van der Waals surface area contributed by atoms with Crippen molar-refractivity contribution in [2.45, 2.75) is 40.0 Å². The van der Waals surface area contributed by atoms with E-state index in [1.807, 2.05) is 19.1 Å². The zero-order chi connectivity index (χ0) is 15.2. The van der Waals surface area contributed by atoms with Crippen LogP contribution in [0.5, 0.6) is 5.75 Å². The monoisotopic (exact) mass is 287 g/mol. The van der Waals surface area contributed by atoms with Gasteiger partial charge in [0.25, 0.3) is 0 Å². The zero-order valence-electron chi connectivity index (χ0n) is 12.8. The molecular formula is C18H22FNO. The molecule has 1 N–H and O–H groups in total. The van der Waals surface area contributed by atoms with E-state index in [0.717, 1.165) is 17.7 Å². The topological polar surface area (TPSA) is 21.3 Å². The lowest BCUT2D eigenvalue weighted by Gasteiger charge is -2.11. The molecule has 2 nitrogen and oxygen atoms in total. The minimum Gasteiger partial charge on any atom is -0.486 e. The molecule has 0 bridgehead atoms. The maximum absolute atomic E-state index is 13.6. The third-order valence-electron chi connectivity index (χ3n) is 3.19. The van der Waals surface area contributed by atoms with Gasteiger partial charge in [-0.15, -0.1) is 0 Å². The maximum atomic E-state index is 13.6. The highest BCUT2D eigenvalue weighted by Crippen LogP contribution is 2.20. The summed E-state index contributed by atoms with van der Waals surface area (Å²) in [7, 11) is 0. The van der Waals surface area contributed by atoms with Crippen molar-refractivity contribution in [1.29, 1.82) is 0 Å². The number of aryl methyl sites for hydroxylation is 1. The van der Waals surface area contributed by atoms with Crippen LogP contribution in [0.4, 0.5) is 4.39 Å². The molecule has 0 aliphatic rings. The number of rotatable bonds is 6. The normalized spacial score (nSPS) is 10.9. The van der Waals surface area contributed by atoms with E-state index >= 15 is 0 Å². The van der Waals surface area contributed by atoms with E-state index in [1.165, 1.54) is 11.6 Å². The standard InChI is InChI=1S/C18H22FNO/c1-13(2)20-11-15-5-4-6-16(10-15)12-21-18-9-14(3)7-8-17(18)19/h4-10,13,20H,11-12H2,1-3H3. The van der Waals surface area contributed by atoms with Gasteiger partial charge in [-0.1, -0.05) is 44.2 Å². The Hall–Kier alpha value is -1.87. The van der Waals surface area contributed by atoms with E-state index in [-0.39, 0.29) is 5.82 Å². The molecule has 0 unspecified atom stereocenters. The average molecular weight is 287 g/mol. The first kappa shape index (κ1) is 15.5. The van der Waals surface area contributed by atoms with Crippen LogP contribution in [-0.2, 0) is 13.2 Å². The fourth-order valence-corrected chi connectivity index (χ4v) is 2.03. The smallest absolute Gasteiger partial charge is 0.165 e. The number of hydrogen-bond acceptors (Lipinski definition) is 2. The first-order valence-electron chi connectivity index (χ1n) is 7.25. The lowest BCUT2D eigenvalue weighted by molar-refractivity contribution is 0.290. The molecule has 21 heavy (non-hydrogen) atoms. The van der Waals surface area contributed by atoms with Gasteiger partial charge in [0.05, 0.1) is 0 Å². The minimum absolute atomic E-state index is 0.306. The summed E-state index contributed by atoms with van der Waals surface area (Å²) in [6.45, 7) is 7.35. The Balaban J connectivity index is 1.99. The van der Waals surface area contributed by atoms with Gasteiger partial charge >= 0.3 is 0 Å². The average Bonchev–Trinajstić information content (AvgIpc) is 2.46. The molecule has 3 heteroatoms. The maximum Gasteiger partial charge on any atom is 0.165 e. The molecule has 0 amide bonds. The second kappa shape index (κ2) is 7.23. The van der Waals surface area contributed by atoms with Crippen LogP contribution in [0, 0.1) is 12.7 Å². The molecule has 0 aromatic heterocycles. The van der Waals surface area contributed by atoms with Crippen molar-refractivity contribution in [1.82, 2.24) is 5.32 Å². The molecule has 0 aliphatic heterocycles. The summed E-state index contributed by atoms with van der Waals surface area (Å²) in [4.78, 5) is 0. The second-order valence-corrected chi connectivity index (χ2v) is 5.58. The van der Waals surface area contributed by atoms with Crippen molar-refractivity contribution in [3.05, 3.63) is 65.0 Å². The number of ether oxygens (including phenoxy) is 1. The Morgan fingerprint density at radius 3 is 2.62 bits per heavy atom. The molecular weight excluding hydrogens is 265 g/mol. The van der Waals surface area contributed by atoms with Crippen LogP contribution in [0.3, 0.4) is 0 Å². The van der Waals surface area contributed by atoms with Gasteiger partial charge < -0.3 is 10.1 Å². The fraction of sp³-hybridized carbons (Fsp3) is 0.333. The number of benzene rings is 2. The highest BCUT2D eigenvalue weighted by Gasteiger charge is 2.04. The van der Waals surface area contributed by atoms with Crippen molar-refractivity contribution in [2.24, 2.45) is 0 Å². The summed E-state index contributed by atoms with van der Waals surface area (Å²) in [6.07, 6.45) is 0. The van der Waals surface area contributed by atoms with Crippen LogP contribution in [0.1, 0.15) is 30.5 Å². The number of halogens is 1. The summed E-state index contributed by atoms with van der Waals surface area (Å²) >= 11 is 0. The summed E-state index contributed by atoms with van der Waals surface area (Å²) in [5.74, 6) is -0.0149. The molecule has 0 fully saturated rings. The van der Waals surface area contributed by atoms with Crippen molar-refractivity contribution < 1.29 is 9.13 Å². The summed E-state index contributed by atoms with van der Waals surface area (Å²) in [6, 6.07) is 13.5. The van der Waals surface area contributed by atoms with E-state index in [4.69, 9.17) is 4.74 Å². The zero-order valence-corrected chi connectivity index (χ0v) is 12.8. The lowest BCUT2D eigenvalue weighted by Crippen LogP contribution is -2.21. The number of nitrogens with one attached hydrogen (secondary N) is 1. The Bertz CT molecular complexity index is 596. The lowest BCUT2D eigenvalue weighted by atomic mass is 10.1. The van der Waals surface area contributed by atoms with E-state index in [2.05, 4.69) is 31.3 Å². The van der Waals surface area contributed by atoms with Crippen LogP contribution in [-0.4, -0.2) is 6.04 Å². The molecule has 2 aromatic rings. The van der Waals surface area contributed by atoms with Crippen LogP contribution in [0.2, 0.25) is 0 Å². The third kappa shape index (κ3) is 4.87. The molecule has 0 atom stereocenters. The van der Waals surface area contributed by atoms with Gasteiger partial charge in [0, 0.05) is 12.6 Å². The third-order valence-corrected chi connectivity index (χ3v) is 3.19. The van der Waals surface area contributed by atoms with Crippen LogP contribution in [0.25, 0.3) is 0 Å². The first-order valence-corrected chi connectivity index (χ1v) is 7.25. The Labute approximate surface area is 126 Å². The van der Waals surface area contributed by atoms with Gasteiger partial charge in [-0.25, -0.2) is 4.39 Å². The predicted octanol–water partition coefficient (Wildman–Crippen LogP) is 4.21. The Morgan fingerprint density at radius 1 is 1.10 bits per heavy atom. The quantitative estimate of drug-likeness (QED) is 0.859. The molecule has 0 spiro atoms. The molecule has 0 saturated carbocycles. The first-order chi connectivity index (χ1) is 10.0. The molecule has 2 aromatic carbocycles. The van der Waals surface area contributed by atoms with Crippen LogP contribution < -0.4 is 10.1 Å². The van der Waals surface area contributed by atoms with E-state index in [9.17, 15) is 4.39 Å². The van der Waals surface area contributed by atoms with Gasteiger partial charge in [0.2, 0.25) is 0 Å². The Morgan fingerprint density at radius 2 is 1.86 bits per heavy atom. The summed E-state index contributed by atoms with van der Waals surface area (Å²) in [5, 5.41) is 3.38. The predicted molar refractivity (Wildman–Crippen MR) is 83.9 cm³/mol. The van der Waals surface area contributed by atoms with Gasteiger partial charge in [-0.2, -0.15) is 0 Å². The largest absolute Gasteiger partial charge is 0.486 e. The summed E-state index contributed by atoms with van der Waals surface area (Å²) < 4.78 is 19.2. The molecule has 0 radical (unpaired) electrons. The van der Waals surface area contributed by atoms with Gasteiger partial charge in [0.1, 0.15) is 6.61 Å². The van der Waals surface area contributed by atoms with Crippen LogP contribution in [0.15, 0.2) is 42.5 Å². The van der Waals surface area contributed by atoms with Gasteiger partial charge in [-0.05, 0) is 35.7 Å². The Kier molecular flexibility index (Phi) is 5.34. The van der Waals surface area contributed by atoms with Gasteiger partial charge in [0.15, 0.2) is 11.6 Å².